The van der Waals surface area contributed by atoms with Gasteiger partial charge in [-0.1, -0.05) is 30.3 Å². The van der Waals surface area contributed by atoms with Crippen LogP contribution in [0.3, 0.4) is 0 Å². The number of hydrogen-bond donors (Lipinski definition) is 8. The fourth-order valence-corrected chi connectivity index (χ4v) is 2.99. The number of fused-ring (bicyclic) bond motifs is 1. The Morgan fingerprint density at radius 3 is 2.19 bits per heavy atom. The second-order valence-electron chi connectivity index (χ2n) is 7.08. The van der Waals surface area contributed by atoms with E-state index in [0.29, 0.717) is 0 Å². The number of aliphatic hydroxyl groups is 8. The van der Waals surface area contributed by atoms with Crippen molar-refractivity contribution < 1.29 is 59.9 Å². The molecule has 1 aromatic carbocycles. The number of carbonyl (C=O) groups is 1. The molecule has 8 N–H and O–H groups in total. The molecule has 176 valence electrons. The fourth-order valence-electron chi connectivity index (χ4n) is 2.99. The van der Waals surface area contributed by atoms with Gasteiger partial charge in [0.25, 0.3) is 0 Å². The SMILES string of the molecule is O=C[C@H](O)[C@@H](O)[C@H](O)[C@H](O)CO.OC1O[C@@H]2CO[C@@H](c3ccccc3)O[C@H]2[C@H](O)[C@H]1O. The van der Waals surface area contributed by atoms with Gasteiger partial charge in [-0.3, -0.25) is 0 Å². The molecule has 0 bridgehead atoms. The molecule has 0 saturated carbocycles. The van der Waals surface area contributed by atoms with Crippen molar-refractivity contribution in [1.29, 1.82) is 0 Å². The number of aldehydes is 1. The van der Waals surface area contributed by atoms with Crippen LogP contribution in [0.25, 0.3) is 0 Å². The van der Waals surface area contributed by atoms with E-state index in [4.69, 9.17) is 39.7 Å². The Balaban J connectivity index is 0.000000248. The van der Waals surface area contributed by atoms with Crippen LogP contribution in [-0.4, -0.2) is 115 Å². The molecule has 2 heterocycles. The number of rotatable bonds is 6. The predicted octanol–water partition coefficient (Wildman–Crippen LogP) is -3.84. The molecule has 2 fully saturated rings. The molecule has 12 heteroatoms. The zero-order valence-electron chi connectivity index (χ0n) is 16.4. The minimum absolute atomic E-state index is 0.0258. The monoisotopic (exact) mass is 448 g/mol. The molecular formula is C19H28O12. The molecule has 2 aliphatic heterocycles. The Morgan fingerprint density at radius 2 is 1.61 bits per heavy atom. The van der Waals surface area contributed by atoms with E-state index < -0.39 is 68.0 Å². The van der Waals surface area contributed by atoms with Crippen LogP contribution in [0.4, 0.5) is 0 Å². The van der Waals surface area contributed by atoms with Crippen molar-refractivity contribution in [2.75, 3.05) is 13.2 Å². The zero-order chi connectivity index (χ0) is 23.1. The molecule has 10 atom stereocenters. The van der Waals surface area contributed by atoms with Gasteiger partial charge in [-0.2, -0.15) is 0 Å². The van der Waals surface area contributed by atoms with Crippen LogP contribution in [-0.2, 0) is 19.0 Å². The smallest absolute Gasteiger partial charge is 0.184 e. The quantitative estimate of drug-likeness (QED) is 0.197. The summed E-state index contributed by atoms with van der Waals surface area (Å²) in [6.07, 6.45) is -12.8. The maximum atomic E-state index is 9.94. The third-order valence-electron chi connectivity index (χ3n) is 4.84. The third-order valence-corrected chi connectivity index (χ3v) is 4.84. The molecule has 1 aromatic rings. The topological polar surface area (TPSA) is 207 Å². The molecule has 0 aromatic heterocycles. The van der Waals surface area contributed by atoms with Gasteiger partial charge in [-0.15, -0.1) is 0 Å². The second kappa shape index (κ2) is 11.9. The normalized spacial score (nSPS) is 34.3. The van der Waals surface area contributed by atoms with E-state index in [0.717, 1.165) is 5.56 Å². The summed E-state index contributed by atoms with van der Waals surface area (Å²) < 4.78 is 16.3. The van der Waals surface area contributed by atoms with Gasteiger partial charge in [-0.25, -0.2) is 0 Å². The van der Waals surface area contributed by atoms with Crippen LogP contribution in [0.15, 0.2) is 30.3 Å². The molecule has 31 heavy (non-hydrogen) atoms. The number of hydrogen-bond acceptors (Lipinski definition) is 12. The highest BCUT2D eigenvalue weighted by atomic mass is 16.7. The van der Waals surface area contributed by atoms with E-state index in [9.17, 15) is 20.1 Å². The standard InChI is InChI=1S/C13H16O6.C6H12O6/c14-9-10(15)12(16)18-8-6-17-13(19-11(8)9)7-4-2-1-3-5-7;7-1-3(9)5(11)6(12)4(10)2-8/h1-5,8-16H,6H2;1,3-6,8-12H,2H2/t8-,9-,10-,11-,12?,13-;3-,4+,5+,6+/m10/s1. The number of carbonyl (C=O) groups excluding carboxylic acids is 1. The van der Waals surface area contributed by atoms with Crippen molar-refractivity contribution >= 4 is 6.29 Å². The van der Waals surface area contributed by atoms with Gasteiger partial charge in [0, 0.05) is 5.56 Å². The van der Waals surface area contributed by atoms with Crippen LogP contribution in [0.1, 0.15) is 11.9 Å². The van der Waals surface area contributed by atoms with Crippen molar-refractivity contribution in [3.8, 4) is 0 Å². The molecule has 0 spiro atoms. The van der Waals surface area contributed by atoms with Crippen molar-refractivity contribution in [3.05, 3.63) is 35.9 Å². The summed E-state index contributed by atoms with van der Waals surface area (Å²) >= 11 is 0. The number of ether oxygens (including phenoxy) is 3. The largest absolute Gasteiger partial charge is 0.394 e. The van der Waals surface area contributed by atoms with Gasteiger partial charge in [0.15, 0.2) is 18.9 Å². The highest BCUT2D eigenvalue weighted by Gasteiger charge is 2.48. The van der Waals surface area contributed by atoms with E-state index in [-0.39, 0.29) is 12.9 Å². The van der Waals surface area contributed by atoms with Gasteiger partial charge < -0.3 is 59.9 Å². The first kappa shape index (κ1) is 25.7. The summed E-state index contributed by atoms with van der Waals surface area (Å²) in [6.45, 7) is -0.575. The van der Waals surface area contributed by atoms with Crippen LogP contribution >= 0.6 is 0 Å². The Morgan fingerprint density at radius 1 is 0.968 bits per heavy atom. The third kappa shape index (κ3) is 6.47. The lowest BCUT2D eigenvalue weighted by Gasteiger charge is -2.45. The Kier molecular flexibility index (Phi) is 9.87. The van der Waals surface area contributed by atoms with Gasteiger partial charge in [0.05, 0.1) is 13.2 Å². The van der Waals surface area contributed by atoms with Crippen LogP contribution < -0.4 is 0 Å². The van der Waals surface area contributed by atoms with E-state index >= 15 is 0 Å². The molecular weight excluding hydrogens is 420 g/mol. The van der Waals surface area contributed by atoms with E-state index in [1.54, 1.807) is 0 Å². The van der Waals surface area contributed by atoms with Crippen LogP contribution in [0, 0.1) is 0 Å². The predicted molar refractivity (Wildman–Crippen MR) is 100 cm³/mol. The maximum absolute atomic E-state index is 9.94. The van der Waals surface area contributed by atoms with Crippen LogP contribution in [0.2, 0.25) is 0 Å². The van der Waals surface area contributed by atoms with Gasteiger partial charge in [0.2, 0.25) is 0 Å². The van der Waals surface area contributed by atoms with Crippen molar-refractivity contribution in [2.45, 2.75) is 61.4 Å². The van der Waals surface area contributed by atoms with Crippen LogP contribution in [0.5, 0.6) is 0 Å². The summed E-state index contributed by atoms with van der Waals surface area (Å²) in [5.41, 5.74) is 0.828. The summed E-state index contributed by atoms with van der Waals surface area (Å²) in [5.74, 6) is 0. The maximum Gasteiger partial charge on any atom is 0.184 e. The number of aliphatic hydroxyl groups excluding tert-OH is 8. The summed E-state index contributed by atoms with van der Waals surface area (Å²) in [7, 11) is 0. The molecule has 2 saturated heterocycles. The van der Waals surface area contributed by atoms with E-state index in [1.165, 1.54) is 0 Å². The molecule has 3 rings (SSSR count). The highest BCUT2D eigenvalue weighted by molar-refractivity contribution is 5.56. The summed E-state index contributed by atoms with van der Waals surface area (Å²) in [4.78, 5) is 9.90. The van der Waals surface area contributed by atoms with Gasteiger partial charge >= 0.3 is 0 Å². The van der Waals surface area contributed by atoms with Crippen molar-refractivity contribution in [3.63, 3.8) is 0 Å². The lowest BCUT2D eigenvalue weighted by molar-refractivity contribution is -0.354. The minimum Gasteiger partial charge on any atom is -0.394 e. The Hall–Kier alpha value is -1.55. The Labute approximate surface area is 177 Å². The average molecular weight is 448 g/mol. The molecule has 0 amide bonds. The van der Waals surface area contributed by atoms with Gasteiger partial charge in [0.1, 0.15) is 48.8 Å². The molecule has 1 unspecified atom stereocenters. The minimum atomic E-state index is -1.79. The molecule has 2 aliphatic rings. The van der Waals surface area contributed by atoms with E-state index in [1.807, 2.05) is 30.3 Å². The fraction of sp³-hybridized carbons (Fsp3) is 0.632. The first-order valence-electron chi connectivity index (χ1n) is 9.51. The highest BCUT2D eigenvalue weighted by Crippen LogP contribution is 2.33. The molecule has 12 nitrogen and oxygen atoms in total. The lowest BCUT2D eigenvalue weighted by atomic mass is 9.98. The first-order valence-corrected chi connectivity index (χ1v) is 9.51. The summed E-state index contributed by atoms with van der Waals surface area (Å²) in [6, 6.07) is 9.31. The molecule has 0 radical (unpaired) electrons. The zero-order valence-corrected chi connectivity index (χ0v) is 16.4. The van der Waals surface area contributed by atoms with Gasteiger partial charge in [-0.05, 0) is 0 Å². The summed E-state index contributed by atoms with van der Waals surface area (Å²) in [5, 5.41) is 72.5. The van der Waals surface area contributed by atoms with Crippen molar-refractivity contribution in [2.24, 2.45) is 0 Å². The first-order chi connectivity index (χ1) is 14.7. The Bertz CT molecular complexity index is 659. The second-order valence-corrected chi connectivity index (χ2v) is 7.08. The van der Waals surface area contributed by atoms with Crippen molar-refractivity contribution in [1.82, 2.24) is 0 Å². The lowest BCUT2D eigenvalue weighted by Crippen LogP contribution is -2.61. The molecule has 0 aliphatic carbocycles. The van der Waals surface area contributed by atoms with E-state index in [2.05, 4.69) is 0 Å². The average Bonchev–Trinajstić information content (AvgIpc) is 2.81. The number of benzene rings is 1.